The summed E-state index contributed by atoms with van der Waals surface area (Å²) >= 11 is 0. The molecule has 0 saturated carbocycles. The molecule has 114 valence electrons. The van der Waals surface area contributed by atoms with E-state index < -0.39 is 0 Å². The summed E-state index contributed by atoms with van der Waals surface area (Å²) in [4.78, 5) is 0. The molecule has 0 amide bonds. The first-order valence-electron chi connectivity index (χ1n) is 8.50. The Bertz CT molecular complexity index is 1090. The number of benzene rings is 4. The van der Waals surface area contributed by atoms with Crippen molar-refractivity contribution in [3.05, 3.63) is 95.6 Å². The standard InChI is InChI=1S/C24H18/c1-16-5-4-7-18(13-16)19-10-11-20-14-21-12-9-17-6-2-3-8-22(17)24(21)23(20)15-19/h2-13,15H,14H2,1H3. The molecule has 0 heterocycles. The van der Waals surface area contributed by atoms with Gasteiger partial charge in [0.1, 0.15) is 0 Å². The van der Waals surface area contributed by atoms with Crippen LogP contribution in [0.1, 0.15) is 16.7 Å². The molecule has 0 bridgehead atoms. The second-order valence-corrected chi connectivity index (χ2v) is 6.74. The maximum Gasteiger partial charge on any atom is -0.00132 e. The minimum absolute atomic E-state index is 1.05. The van der Waals surface area contributed by atoms with Crippen LogP contribution in [0.3, 0.4) is 0 Å². The first-order valence-corrected chi connectivity index (χ1v) is 8.50. The highest BCUT2D eigenvalue weighted by atomic mass is 14.2. The Labute approximate surface area is 142 Å². The molecule has 5 rings (SSSR count). The predicted molar refractivity (Wildman–Crippen MR) is 102 cm³/mol. The van der Waals surface area contributed by atoms with E-state index in [1.54, 1.807) is 0 Å². The molecule has 1 aliphatic carbocycles. The summed E-state index contributed by atoms with van der Waals surface area (Å²) in [6.45, 7) is 2.15. The molecule has 0 aromatic heterocycles. The minimum atomic E-state index is 1.05. The summed E-state index contributed by atoms with van der Waals surface area (Å²) in [5, 5.41) is 2.69. The molecule has 0 aliphatic heterocycles. The van der Waals surface area contributed by atoms with Gasteiger partial charge >= 0.3 is 0 Å². The fourth-order valence-corrected chi connectivity index (χ4v) is 3.95. The first kappa shape index (κ1) is 13.6. The molecular weight excluding hydrogens is 288 g/mol. The van der Waals surface area contributed by atoms with Crippen molar-refractivity contribution in [2.75, 3.05) is 0 Å². The molecule has 0 N–H and O–H groups in total. The summed E-state index contributed by atoms with van der Waals surface area (Å²) in [5.74, 6) is 0. The second-order valence-electron chi connectivity index (χ2n) is 6.74. The Kier molecular flexibility index (Phi) is 2.87. The van der Waals surface area contributed by atoms with E-state index in [4.69, 9.17) is 0 Å². The number of hydrogen-bond donors (Lipinski definition) is 0. The highest BCUT2D eigenvalue weighted by Crippen LogP contribution is 2.42. The minimum Gasteiger partial charge on any atom is -0.0616 e. The summed E-state index contributed by atoms with van der Waals surface area (Å²) in [7, 11) is 0. The molecule has 0 saturated heterocycles. The van der Waals surface area contributed by atoms with E-state index in [2.05, 4.69) is 85.8 Å². The maximum absolute atomic E-state index is 2.38. The highest BCUT2D eigenvalue weighted by molar-refractivity contribution is 6.01. The van der Waals surface area contributed by atoms with Crippen LogP contribution >= 0.6 is 0 Å². The Morgan fingerprint density at radius 1 is 0.667 bits per heavy atom. The lowest BCUT2D eigenvalue weighted by atomic mass is 9.95. The van der Waals surface area contributed by atoms with Gasteiger partial charge in [0.15, 0.2) is 0 Å². The molecule has 0 fully saturated rings. The van der Waals surface area contributed by atoms with Gasteiger partial charge in [-0.1, -0.05) is 78.4 Å². The summed E-state index contributed by atoms with van der Waals surface area (Å²) in [6, 6.07) is 29.0. The van der Waals surface area contributed by atoms with Crippen LogP contribution in [0.5, 0.6) is 0 Å². The number of fused-ring (bicyclic) bond motifs is 5. The zero-order valence-corrected chi connectivity index (χ0v) is 13.7. The van der Waals surface area contributed by atoms with Crippen LogP contribution in [0, 0.1) is 6.92 Å². The SMILES string of the molecule is Cc1cccc(-c2ccc3c(c2)-c2c(ccc4ccccc24)C3)c1. The predicted octanol–water partition coefficient (Wildman–Crippen LogP) is 6.39. The fraction of sp³-hybridized carbons (Fsp3) is 0.0833. The first-order chi connectivity index (χ1) is 11.8. The monoisotopic (exact) mass is 306 g/mol. The molecule has 4 aromatic carbocycles. The van der Waals surface area contributed by atoms with Crippen molar-refractivity contribution < 1.29 is 0 Å². The molecule has 1 aliphatic rings. The van der Waals surface area contributed by atoms with E-state index in [1.807, 2.05) is 0 Å². The smallest absolute Gasteiger partial charge is 0.00132 e. The van der Waals surface area contributed by atoms with Crippen LogP contribution in [0.4, 0.5) is 0 Å². The van der Waals surface area contributed by atoms with Crippen LogP contribution in [0.2, 0.25) is 0 Å². The molecule has 0 radical (unpaired) electrons. The van der Waals surface area contributed by atoms with Gasteiger partial charge < -0.3 is 0 Å². The van der Waals surface area contributed by atoms with E-state index in [0.717, 1.165) is 6.42 Å². The second kappa shape index (κ2) is 5.07. The number of rotatable bonds is 1. The lowest BCUT2D eigenvalue weighted by Gasteiger charge is -2.09. The lowest BCUT2D eigenvalue weighted by molar-refractivity contribution is 1.27. The van der Waals surface area contributed by atoms with Crippen molar-refractivity contribution in [3.8, 4) is 22.3 Å². The van der Waals surface area contributed by atoms with Crippen LogP contribution < -0.4 is 0 Å². The molecule has 24 heavy (non-hydrogen) atoms. The molecule has 0 atom stereocenters. The third kappa shape index (κ3) is 2.00. The third-order valence-electron chi connectivity index (χ3n) is 5.13. The quantitative estimate of drug-likeness (QED) is 0.337. The Hall–Kier alpha value is -2.86. The van der Waals surface area contributed by atoms with Gasteiger partial charge in [0.05, 0.1) is 0 Å². The summed E-state index contributed by atoms with van der Waals surface area (Å²) in [6.07, 6.45) is 1.05. The van der Waals surface area contributed by atoms with E-state index in [-0.39, 0.29) is 0 Å². The third-order valence-corrected chi connectivity index (χ3v) is 5.13. The molecule has 0 heteroatoms. The Morgan fingerprint density at radius 2 is 1.50 bits per heavy atom. The normalized spacial score (nSPS) is 12.2. The van der Waals surface area contributed by atoms with Gasteiger partial charge in [0.25, 0.3) is 0 Å². The van der Waals surface area contributed by atoms with Gasteiger partial charge in [-0.3, -0.25) is 0 Å². The van der Waals surface area contributed by atoms with Gasteiger partial charge in [-0.2, -0.15) is 0 Å². The molecule has 0 spiro atoms. The zero-order valence-electron chi connectivity index (χ0n) is 13.7. The van der Waals surface area contributed by atoms with Gasteiger partial charge in [-0.25, -0.2) is 0 Å². The van der Waals surface area contributed by atoms with E-state index in [9.17, 15) is 0 Å². The number of aryl methyl sites for hydroxylation is 1. The van der Waals surface area contributed by atoms with Gasteiger partial charge in [0, 0.05) is 0 Å². The van der Waals surface area contributed by atoms with Crippen molar-refractivity contribution in [2.45, 2.75) is 13.3 Å². The molecule has 0 nitrogen and oxygen atoms in total. The average Bonchev–Trinajstić information content (AvgIpc) is 3.00. The van der Waals surface area contributed by atoms with Gasteiger partial charge in [-0.15, -0.1) is 0 Å². The van der Waals surface area contributed by atoms with Crippen molar-refractivity contribution in [3.63, 3.8) is 0 Å². The van der Waals surface area contributed by atoms with Crippen LogP contribution in [-0.4, -0.2) is 0 Å². The molecule has 4 aromatic rings. The van der Waals surface area contributed by atoms with Crippen molar-refractivity contribution in [1.82, 2.24) is 0 Å². The summed E-state index contributed by atoms with van der Waals surface area (Å²) in [5.41, 5.74) is 9.63. The van der Waals surface area contributed by atoms with Gasteiger partial charge in [-0.05, 0) is 63.6 Å². The highest BCUT2D eigenvalue weighted by Gasteiger charge is 2.21. The largest absolute Gasteiger partial charge is 0.0616 e. The topological polar surface area (TPSA) is 0 Å². The lowest BCUT2D eigenvalue weighted by Crippen LogP contribution is -1.84. The Morgan fingerprint density at radius 3 is 2.42 bits per heavy atom. The number of hydrogen-bond acceptors (Lipinski definition) is 0. The molecular formula is C24H18. The maximum atomic E-state index is 2.38. The van der Waals surface area contributed by atoms with Crippen LogP contribution in [-0.2, 0) is 6.42 Å². The van der Waals surface area contributed by atoms with Crippen molar-refractivity contribution >= 4 is 10.8 Å². The zero-order chi connectivity index (χ0) is 16.1. The molecule has 0 unspecified atom stereocenters. The van der Waals surface area contributed by atoms with Crippen LogP contribution in [0.25, 0.3) is 33.0 Å². The summed E-state index contributed by atoms with van der Waals surface area (Å²) < 4.78 is 0. The van der Waals surface area contributed by atoms with E-state index >= 15 is 0 Å². The van der Waals surface area contributed by atoms with Gasteiger partial charge in [0.2, 0.25) is 0 Å². The fourth-order valence-electron chi connectivity index (χ4n) is 3.95. The van der Waals surface area contributed by atoms with Crippen LogP contribution in [0.15, 0.2) is 78.9 Å². The average molecular weight is 306 g/mol. The van der Waals surface area contributed by atoms with Crippen molar-refractivity contribution in [2.24, 2.45) is 0 Å². The van der Waals surface area contributed by atoms with E-state index in [0.29, 0.717) is 0 Å². The van der Waals surface area contributed by atoms with Crippen molar-refractivity contribution in [1.29, 1.82) is 0 Å². The Balaban J connectivity index is 1.76. The van der Waals surface area contributed by atoms with E-state index in [1.165, 1.54) is 49.7 Å².